The Morgan fingerprint density at radius 1 is 1.59 bits per heavy atom. The lowest BCUT2D eigenvalue weighted by molar-refractivity contribution is 0.0699. The van der Waals surface area contributed by atoms with Gasteiger partial charge in [-0.05, 0) is 17.7 Å². The van der Waals surface area contributed by atoms with Gasteiger partial charge < -0.3 is 9.67 Å². The fourth-order valence-electron chi connectivity index (χ4n) is 1.72. The number of carboxylic acid groups (broad SMARTS) is 1. The molecule has 1 heterocycles. The smallest absolute Gasteiger partial charge is 0.339 e. The van der Waals surface area contributed by atoms with Crippen LogP contribution in [-0.2, 0) is 7.05 Å². The summed E-state index contributed by atoms with van der Waals surface area (Å²) in [7, 11) is 1.67. The van der Waals surface area contributed by atoms with Gasteiger partial charge in [-0.3, -0.25) is 0 Å². The van der Waals surface area contributed by atoms with Crippen molar-refractivity contribution in [2.24, 2.45) is 12.2 Å². The molecule has 0 fully saturated rings. The Balaban J connectivity index is 2.87. The first-order valence-electron chi connectivity index (χ1n) is 4.62. The third kappa shape index (κ3) is 1.69. The summed E-state index contributed by atoms with van der Waals surface area (Å²) in [5, 5.41) is 13.1. The van der Waals surface area contributed by atoms with Crippen molar-refractivity contribution in [3.63, 3.8) is 0 Å². The number of rotatable bonds is 2. The number of carbonyl (C=O) groups is 1. The summed E-state index contributed by atoms with van der Waals surface area (Å²) >= 11 is 5.94. The van der Waals surface area contributed by atoms with E-state index in [0.29, 0.717) is 16.6 Å². The first kappa shape index (κ1) is 11.3. The Bertz CT molecular complexity index is 670. The molecule has 0 spiro atoms. The SMILES string of the molecule is Cn1c(Cl)c(C(=O)O)c2cc(N=[N+]=[N-])ccc21. The van der Waals surface area contributed by atoms with Gasteiger partial charge in [-0.15, -0.1) is 0 Å². The van der Waals surface area contributed by atoms with Gasteiger partial charge in [0, 0.05) is 28.5 Å². The monoisotopic (exact) mass is 250 g/mol. The molecule has 7 heteroatoms. The second kappa shape index (κ2) is 4.01. The molecule has 17 heavy (non-hydrogen) atoms. The molecular weight excluding hydrogens is 244 g/mol. The van der Waals surface area contributed by atoms with Crippen molar-refractivity contribution in [3.05, 3.63) is 39.4 Å². The van der Waals surface area contributed by atoms with Crippen LogP contribution in [0.5, 0.6) is 0 Å². The predicted octanol–water partition coefficient (Wildman–Crippen LogP) is 3.47. The lowest BCUT2D eigenvalue weighted by atomic mass is 10.1. The fourth-order valence-corrected chi connectivity index (χ4v) is 1.99. The molecule has 2 aromatic rings. The van der Waals surface area contributed by atoms with Gasteiger partial charge >= 0.3 is 5.97 Å². The lowest BCUT2D eigenvalue weighted by Gasteiger charge is -1.96. The summed E-state index contributed by atoms with van der Waals surface area (Å²) in [5.74, 6) is -1.11. The molecular formula is C10H7ClN4O2. The van der Waals surface area contributed by atoms with Crippen LogP contribution in [0.1, 0.15) is 10.4 Å². The first-order chi connectivity index (χ1) is 8.06. The zero-order valence-corrected chi connectivity index (χ0v) is 9.51. The van der Waals surface area contributed by atoms with E-state index >= 15 is 0 Å². The van der Waals surface area contributed by atoms with E-state index in [1.807, 2.05) is 0 Å². The van der Waals surface area contributed by atoms with Crippen LogP contribution in [0.3, 0.4) is 0 Å². The summed E-state index contributed by atoms with van der Waals surface area (Å²) in [6, 6.07) is 4.77. The highest BCUT2D eigenvalue weighted by atomic mass is 35.5. The van der Waals surface area contributed by atoms with E-state index in [1.165, 1.54) is 6.07 Å². The molecule has 2 rings (SSSR count). The van der Waals surface area contributed by atoms with Gasteiger partial charge in [0.2, 0.25) is 0 Å². The Morgan fingerprint density at radius 3 is 2.88 bits per heavy atom. The minimum Gasteiger partial charge on any atom is -0.478 e. The van der Waals surface area contributed by atoms with Crippen LogP contribution in [0.25, 0.3) is 21.3 Å². The van der Waals surface area contributed by atoms with Crippen molar-refractivity contribution in [3.8, 4) is 0 Å². The summed E-state index contributed by atoms with van der Waals surface area (Å²) in [6.07, 6.45) is 0. The average Bonchev–Trinajstić information content (AvgIpc) is 2.52. The zero-order chi connectivity index (χ0) is 12.6. The molecule has 0 saturated heterocycles. The number of nitrogens with zero attached hydrogens (tertiary/aromatic N) is 4. The van der Waals surface area contributed by atoms with E-state index < -0.39 is 5.97 Å². The maximum atomic E-state index is 11.1. The Labute approximate surface area is 101 Å². The minimum absolute atomic E-state index is 0.0131. The number of hydrogen-bond donors (Lipinski definition) is 1. The molecule has 0 bridgehead atoms. The Hall–Kier alpha value is -2.17. The van der Waals surface area contributed by atoms with Gasteiger partial charge in [-0.2, -0.15) is 0 Å². The number of azide groups is 1. The molecule has 0 aliphatic rings. The largest absolute Gasteiger partial charge is 0.478 e. The standard InChI is InChI=1S/C10H7ClN4O2/c1-15-7-3-2-5(13-14-12)4-6(7)8(9(15)11)10(16)17/h2-4H,1H3,(H,16,17). The molecule has 0 radical (unpaired) electrons. The number of carboxylic acids is 1. The van der Waals surface area contributed by atoms with Crippen LogP contribution in [0, 0.1) is 0 Å². The summed E-state index contributed by atoms with van der Waals surface area (Å²) in [6.45, 7) is 0. The molecule has 86 valence electrons. The van der Waals surface area contributed by atoms with E-state index in [2.05, 4.69) is 10.0 Å². The predicted molar refractivity (Wildman–Crippen MR) is 63.7 cm³/mol. The number of hydrogen-bond acceptors (Lipinski definition) is 2. The molecule has 1 aromatic heterocycles. The summed E-state index contributed by atoms with van der Waals surface area (Å²) in [5.41, 5.74) is 9.38. The highest BCUT2D eigenvalue weighted by Gasteiger charge is 2.19. The van der Waals surface area contributed by atoms with Crippen LogP contribution in [0.4, 0.5) is 5.69 Å². The molecule has 0 unspecified atom stereocenters. The molecule has 0 aliphatic carbocycles. The third-order valence-corrected chi connectivity index (χ3v) is 2.93. The van der Waals surface area contributed by atoms with Crippen LogP contribution in [-0.4, -0.2) is 15.6 Å². The van der Waals surface area contributed by atoms with Gasteiger partial charge in [0.25, 0.3) is 0 Å². The van der Waals surface area contributed by atoms with Gasteiger partial charge in [-0.1, -0.05) is 22.8 Å². The van der Waals surface area contributed by atoms with E-state index in [0.717, 1.165) is 0 Å². The van der Waals surface area contributed by atoms with Crippen molar-refractivity contribution >= 4 is 34.2 Å². The van der Waals surface area contributed by atoms with Gasteiger partial charge in [-0.25, -0.2) is 4.79 Å². The number of aryl methyl sites for hydroxylation is 1. The number of halogens is 1. The molecule has 6 nitrogen and oxygen atoms in total. The van der Waals surface area contributed by atoms with Gasteiger partial charge in [0.05, 0.1) is 0 Å². The van der Waals surface area contributed by atoms with E-state index in [4.69, 9.17) is 22.2 Å². The second-order valence-electron chi connectivity index (χ2n) is 3.42. The molecule has 0 atom stereocenters. The number of benzene rings is 1. The quantitative estimate of drug-likeness (QED) is 0.502. The van der Waals surface area contributed by atoms with E-state index in [1.54, 1.807) is 23.7 Å². The van der Waals surface area contributed by atoms with Crippen molar-refractivity contribution in [2.75, 3.05) is 0 Å². The molecule has 0 aliphatic heterocycles. The van der Waals surface area contributed by atoms with Gasteiger partial charge in [0.1, 0.15) is 10.7 Å². The zero-order valence-electron chi connectivity index (χ0n) is 8.75. The molecule has 1 N–H and O–H groups in total. The average molecular weight is 251 g/mol. The second-order valence-corrected chi connectivity index (χ2v) is 3.78. The van der Waals surface area contributed by atoms with Crippen molar-refractivity contribution in [2.45, 2.75) is 0 Å². The van der Waals surface area contributed by atoms with E-state index in [-0.39, 0.29) is 10.7 Å². The fraction of sp³-hybridized carbons (Fsp3) is 0.100. The van der Waals surface area contributed by atoms with Crippen molar-refractivity contribution in [1.82, 2.24) is 4.57 Å². The maximum Gasteiger partial charge on any atom is 0.339 e. The van der Waals surface area contributed by atoms with Crippen LogP contribution in [0.2, 0.25) is 5.15 Å². The minimum atomic E-state index is -1.11. The van der Waals surface area contributed by atoms with Crippen LogP contribution < -0.4 is 0 Å². The van der Waals surface area contributed by atoms with Crippen molar-refractivity contribution < 1.29 is 9.90 Å². The number of fused-ring (bicyclic) bond motifs is 1. The summed E-state index contributed by atoms with van der Waals surface area (Å²) < 4.78 is 1.57. The Kier molecular flexibility index (Phi) is 2.67. The first-order valence-corrected chi connectivity index (χ1v) is 5.00. The van der Waals surface area contributed by atoms with Crippen LogP contribution in [0.15, 0.2) is 23.3 Å². The maximum absolute atomic E-state index is 11.1. The normalized spacial score (nSPS) is 10.2. The van der Waals surface area contributed by atoms with Crippen molar-refractivity contribution in [1.29, 1.82) is 0 Å². The highest BCUT2D eigenvalue weighted by molar-refractivity contribution is 6.35. The highest BCUT2D eigenvalue weighted by Crippen LogP contribution is 2.31. The molecule has 0 amide bonds. The summed E-state index contributed by atoms with van der Waals surface area (Å²) in [4.78, 5) is 13.8. The molecule has 1 aromatic carbocycles. The van der Waals surface area contributed by atoms with Crippen LogP contribution >= 0.6 is 11.6 Å². The lowest BCUT2D eigenvalue weighted by Crippen LogP contribution is -1.96. The van der Waals surface area contributed by atoms with Gasteiger partial charge in [0.15, 0.2) is 0 Å². The molecule has 0 saturated carbocycles. The third-order valence-electron chi connectivity index (χ3n) is 2.49. The van der Waals surface area contributed by atoms with E-state index in [9.17, 15) is 4.79 Å². The topological polar surface area (TPSA) is 91.0 Å². The number of aromatic nitrogens is 1. The number of aromatic carboxylic acids is 1. The Morgan fingerprint density at radius 2 is 2.29 bits per heavy atom.